The van der Waals surface area contributed by atoms with Crippen LogP contribution in [0.3, 0.4) is 0 Å². The lowest BCUT2D eigenvalue weighted by molar-refractivity contribution is -0.113. The van der Waals surface area contributed by atoms with Gasteiger partial charge >= 0.3 is 0 Å². The monoisotopic (exact) mass is 439 g/mol. The van der Waals surface area contributed by atoms with Gasteiger partial charge in [0.15, 0.2) is 5.16 Å². The van der Waals surface area contributed by atoms with Crippen LogP contribution in [0.4, 0.5) is 5.69 Å². The van der Waals surface area contributed by atoms with Gasteiger partial charge < -0.3 is 5.32 Å². The number of fused-ring (bicyclic) bond motifs is 1. The maximum atomic E-state index is 13.3. The lowest BCUT2D eigenvalue weighted by Gasteiger charge is -2.26. The van der Waals surface area contributed by atoms with E-state index in [0.717, 1.165) is 36.3 Å². The first-order valence-electron chi connectivity index (χ1n) is 10.2. The summed E-state index contributed by atoms with van der Waals surface area (Å²) in [6, 6.07) is 15.4. The number of carbonyl (C=O) groups excluding carboxylic acids is 1. The number of aromatic nitrogens is 2. The van der Waals surface area contributed by atoms with Crippen LogP contribution < -0.4 is 10.9 Å². The molecule has 1 fully saturated rings. The van der Waals surface area contributed by atoms with Crippen LogP contribution in [0.25, 0.3) is 10.9 Å². The van der Waals surface area contributed by atoms with E-state index in [1.807, 2.05) is 59.4 Å². The number of amides is 1. The van der Waals surface area contributed by atoms with Gasteiger partial charge in [-0.05, 0) is 49.4 Å². The van der Waals surface area contributed by atoms with Crippen molar-refractivity contribution in [2.45, 2.75) is 48.2 Å². The summed E-state index contributed by atoms with van der Waals surface area (Å²) in [6.07, 6.45) is 7.45. The highest BCUT2D eigenvalue weighted by molar-refractivity contribution is 7.99. The Bertz CT molecular complexity index is 1110. The van der Waals surface area contributed by atoms with E-state index in [2.05, 4.69) is 5.32 Å². The summed E-state index contributed by atoms with van der Waals surface area (Å²) in [5, 5.41) is 4.23. The molecule has 0 aliphatic heterocycles. The molecule has 1 aliphatic carbocycles. The largest absolute Gasteiger partial charge is 0.325 e. The molecule has 30 heavy (non-hydrogen) atoms. The SMILES string of the molecule is CSc1cccc(NC(=O)CSc2nc3ccccc3c(=O)n2C2CCCCC2)c1. The second-order valence-electron chi connectivity index (χ2n) is 7.45. The third-order valence-corrected chi connectivity index (χ3v) is 7.08. The maximum absolute atomic E-state index is 13.3. The fourth-order valence-electron chi connectivity index (χ4n) is 3.92. The molecule has 5 nitrogen and oxygen atoms in total. The fourth-order valence-corrected chi connectivity index (χ4v) is 5.24. The van der Waals surface area contributed by atoms with E-state index in [0.29, 0.717) is 16.1 Å². The Morgan fingerprint density at radius 2 is 1.93 bits per heavy atom. The van der Waals surface area contributed by atoms with Crippen molar-refractivity contribution in [3.63, 3.8) is 0 Å². The number of carbonyl (C=O) groups is 1. The van der Waals surface area contributed by atoms with E-state index in [9.17, 15) is 9.59 Å². The molecule has 2 aromatic carbocycles. The molecule has 3 aromatic rings. The Hall–Kier alpha value is -2.25. The molecule has 1 N–H and O–H groups in total. The van der Waals surface area contributed by atoms with Crippen molar-refractivity contribution < 1.29 is 4.79 Å². The summed E-state index contributed by atoms with van der Waals surface area (Å²) in [4.78, 5) is 31.7. The lowest BCUT2D eigenvalue weighted by Crippen LogP contribution is -2.29. The van der Waals surface area contributed by atoms with Crippen LogP contribution in [0, 0.1) is 0 Å². The highest BCUT2D eigenvalue weighted by Gasteiger charge is 2.22. The molecule has 1 amide bonds. The molecule has 1 saturated carbocycles. The lowest BCUT2D eigenvalue weighted by atomic mass is 9.95. The molecular weight excluding hydrogens is 414 g/mol. The summed E-state index contributed by atoms with van der Waals surface area (Å²) in [7, 11) is 0. The molecule has 1 aromatic heterocycles. The van der Waals surface area contributed by atoms with E-state index < -0.39 is 0 Å². The number of nitrogens with zero attached hydrogens (tertiary/aromatic N) is 2. The smallest absolute Gasteiger partial charge is 0.262 e. The Morgan fingerprint density at radius 1 is 1.13 bits per heavy atom. The van der Waals surface area contributed by atoms with E-state index in [4.69, 9.17) is 4.98 Å². The highest BCUT2D eigenvalue weighted by Crippen LogP contribution is 2.31. The van der Waals surface area contributed by atoms with E-state index in [1.165, 1.54) is 18.2 Å². The molecule has 0 bridgehead atoms. The van der Waals surface area contributed by atoms with Gasteiger partial charge in [-0.3, -0.25) is 14.2 Å². The zero-order valence-electron chi connectivity index (χ0n) is 17.0. The van der Waals surface area contributed by atoms with Gasteiger partial charge in [-0.25, -0.2) is 4.98 Å². The maximum Gasteiger partial charge on any atom is 0.262 e. The quantitative estimate of drug-likeness (QED) is 0.414. The van der Waals surface area contributed by atoms with Gasteiger partial charge in [0.2, 0.25) is 5.91 Å². The number of nitrogens with one attached hydrogen (secondary N) is 1. The van der Waals surface area contributed by atoms with Crippen LogP contribution >= 0.6 is 23.5 Å². The van der Waals surface area contributed by atoms with Crippen molar-refractivity contribution in [3.8, 4) is 0 Å². The first kappa shape index (κ1) is 21.0. The fraction of sp³-hybridized carbons (Fsp3) is 0.348. The Kier molecular flexibility index (Phi) is 6.79. The Balaban J connectivity index is 1.57. The number of rotatable bonds is 6. The number of thioether (sulfide) groups is 2. The number of benzene rings is 2. The molecule has 0 radical (unpaired) electrons. The van der Waals surface area contributed by atoms with E-state index in [1.54, 1.807) is 11.8 Å². The number of anilines is 1. The topological polar surface area (TPSA) is 64.0 Å². The minimum Gasteiger partial charge on any atom is -0.325 e. The van der Waals surface area contributed by atoms with Gasteiger partial charge in [0.1, 0.15) is 0 Å². The first-order chi connectivity index (χ1) is 14.7. The molecule has 0 unspecified atom stereocenters. The zero-order chi connectivity index (χ0) is 20.9. The van der Waals surface area contributed by atoms with Crippen LogP contribution in [0.5, 0.6) is 0 Å². The van der Waals surface area contributed by atoms with Gasteiger partial charge in [-0.15, -0.1) is 11.8 Å². The first-order valence-corrected chi connectivity index (χ1v) is 12.4. The average Bonchev–Trinajstić information content (AvgIpc) is 2.78. The third-order valence-electron chi connectivity index (χ3n) is 5.40. The number of hydrogen-bond donors (Lipinski definition) is 1. The molecular formula is C23H25N3O2S2. The van der Waals surface area contributed by atoms with Gasteiger partial charge in [-0.2, -0.15) is 0 Å². The van der Waals surface area contributed by atoms with Crippen molar-refractivity contribution >= 4 is 46.0 Å². The van der Waals surface area contributed by atoms with Crippen LogP contribution in [-0.4, -0.2) is 27.5 Å². The van der Waals surface area contributed by atoms with Crippen molar-refractivity contribution in [1.82, 2.24) is 9.55 Å². The van der Waals surface area contributed by atoms with Crippen LogP contribution in [-0.2, 0) is 4.79 Å². The number of hydrogen-bond acceptors (Lipinski definition) is 5. The highest BCUT2D eigenvalue weighted by atomic mass is 32.2. The summed E-state index contributed by atoms with van der Waals surface area (Å²) < 4.78 is 1.84. The van der Waals surface area contributed by atoms with Crippen molar-refractivity contribution in [2.75, 3.05) is 17.3 Å². The zero-order valence-corrected chi connectivity index (χ0v) is 18.6. The summed E-state index contributed by atoms with van der Waals surface area (Å²) in [5.41, 5.74) is 1.47. The summed E-state index contributed by atoms with van der Waals surface area (Å²) in [5.74, 6) is 0.108. The van der Waals surface area contributed by atoms with Gasteiger partial charge in [0.25, 0.3) is 5.56 Å². The van der Waals surface area contributed by atoms with Crippen molar-refractivity contribution in [1.29, 1.82) is 0 Å². The molecule has 0 atom stereocenters. The van der Waals surface area contributed by atoms with Crippen LogP contribution in [0.1, 0.15) is 38.1 Å². The second kappa shape index (κ2) is 9.71. The Morgan fingerprint density at radius 3 is 2.73 bits per heavy atom. The normalized spacial score (nSPS) is 14.7. The average molecular weight is 440 g/mol. The van der Waals surface area contributed by atoms with Crippen LogP contribution in [0.15, 0.2) is 63.4 Å². The summed E-state index contributed by atoms with van der Waals surface area (Å²) in [6.45, 7) is 0. The predicted octanol–water partition coefficient (Wildman–Crippen LogP) is 5.35. The molecule has 1 aliphatic rings. The van der Waals surface area contributed by atoms with Gasteiger partial charge in [0, 0.05) is 16.6 Å². The molecule has 0 spiro atoms. The molecule has 4 rings (SSSR count). The standard InChI is InChI=1S/C23H25N3O2S2/c1-29-18-11-7-8-16(14-18)24-21(27)15-30-23-25-20-13-6-5-12-19(20)22(28)26(23)17-9-3-2-4-10-17/h5-8,11-14,17H,2-4,9-10,15H2,1H3,(H,24,27). The van der Waals surface area contributed by atoms with Crippen molar-refractivity contribution in [3.05, 3.63) is 58.9 Å². The predicted molar refractivity (Wildman–Crippen MR) is 126 cm³/mol. The van der Waals surface area contributed by atoms with Crippen LogP contribution in [0.2, 0.25) is 0 Å². The minimum absolute atomic E-state index is 0.00285. The van der Waals surface area contributed by atoms with Gasteiger partial charge in [-0.1, -0.05) is 49.2 Å². The third kappa shape index (κ3) is 4.73. The molecule has 1 heterocycles. The molecule has 156 valence electrons. The van der Waals surface area contributed by atoms with E-state index in [-0.39, 0.29) is 23.3 Å². The summed E-state index contributed by atoms with van der Waals surface area (Å²) >= 11 is 2.98. The van der Waals surface area contributed by atoms with E-state index >= 15 is 0 Å². The minimum atomic E-state index is -0.101. The molecule has 0 saturated heterocycles. The van der Waals surface area contributed by atoms with Crippen molar-refractivity contribution in [2.24, 2.45) is 0 Å². The Labute approximate surface area is 184 Å². The van der Waals surface area contributed by atoms with Gasteiger partial charge in [0.05, 0.1) is 16.7 Å². The second-order valence-corrected chi connectivity index (χ2v) is 9.27. The number of para-hydroxylation sites is 1. The molecule has 7 heteroatoms.